The molecule has 0 saturated heterocycles. The zero-order valence-electron chi connectivity index (χ0n) is 16.2. The summed E-state index contributed by atoms with van der Waals surface area (Å²) in [5, 5.41) is 19.4. The van der Waals surface area contributed by atoms with Crippen molar-refractivity contribution in [2.75, 3.05) is 13.2 Å². The Kier molecular flexibility index (Phi) is 9.84. The van der Waals surface area contributed by atoms with Crippen LogP contribution in [0.2, 0.25) is 5.02 Å². The Morgan fingerprint density at radius 3 is 2.90 bits per heavy atom. The molecule has 0 unspecified atom stereocenters. The molecule has 1 aromatic rings. The number of hydrogen-bond acceptors (Lipinski definition) is 5. The zero-order valence-corrected chi connectivity index (χ0v) is 17.0. The van der Waals surface area contributed by atoms with Gasteiger partial charge in [-0.15, -0.1) is 0 Å². The van der Waals surface area contributed by atoms with E-state index in [0.717, 1.165) is 6.42 Å². The van der Waals surface area contributed by atoms with Crippen LogP contribution in [0.15, 0.2) is 60.7 Å². The van der Waals surface area contributed by atoms with Gasteiger partial charge in [-0.1, -0.05) is 48.0 Å². The number of unbranched alkanes of at least 4 members (excludes halogenated alkanes) is 1. The molecule has 0 aromatic heterocycles. The number of carbonyl (C=O) groups excluding carboxylic acids is 2. The topological polar surface area (TPSA) is 83.8 Å². The average Bonchev–Trinajstić information content (AvgIpc) is 3.06. The van der Waals surface area contributed by atoms with Crippen LogP contribution in [0.4, 0.5) is 0 Å². The van der Waals surface area contributed by atoms with Gasteiger partial charge in [0.15, 0.2) is 11.6 Å². The summed E-state index contributed by atoms with van der Waals surface area (Å²) in [6.07, 6.45) is 12.5. The van der Waals surface area contributed by atoms with Crippen LogP contribution in [-0.4, -0.2) is 41.1 Å². The first kappa shape index (κ1) is 23.1. The molecule has 0 amide bonds. The molecule has 6 heteroatoms. The minimum atomic E-state index is -0.831. The molecule has 3 atom stereocenters. The van der Waals surface area contributed by atoms with Crippen molar-refractivity contribution in [1.82, 2.24) is 0 Å². The molecule has 0 bridgehead atoms. The predicted molar refractivity (Wildman–Crippen MR) is 113 cm³/mol. The van der Waals surface area contributed by atoms with Crippen molar-refractivity contribution >= 4 is 23.2 Å². The van der Waals surface area contributed by atoms with Gasteiger partial charge in [-0.3, -0.25) is 9.59 Å². The third kappa shape index (κ3) is 8.36. The van der Waals surface area contributed by atoms with Gasteiger partial charge in [0, 0.05) is 17.4 Å². The lowest BCUT2D eigenvalue weighted by Crippen LogP contribution is -2.17. The quantitative estimate of drug-likeness (QED) is 0.399. The molecule has 0 heterocycles. The van der Waals surface area contributed by atoms with E-state index in [0.29, 0.717) is 30.0 Å². The standard InChI is InChI=1S/C23H27ClO5/c24-18-7-5-9-21(14-18)29-16-20(27)11-12-22-17(10-13-23(22)28)6-3-1-2-4-8-19(26)15-25/h1,3,5,7,9-14,17,20,22,25,27H,2,4,6,8,15-16H2/b3-1-,12-11+/t17-,20+,22+/m0/s1. The normalized spacial score (nSPS) is 20.0. The molecule has 29 heavy (non-hydrogen) atoms. The summed E-state index contributed by atoms with van der Waals surface area (Å²) in [6.45, 7) is -0.328. The third-order valence-corrected chi connectivity index (χ3v) is 4.87. The number of rotatable bonds is 12. The second kappa shape index (κ2) is 12.4. The summed E-state index contributed by atoms with van der Waals surface area (Å²) in [5.41, 5.74) is 0. The Balaban J connectivity index is 1.76. The lowest BCUT2D eigenvalue weighted by atomic mass is 9.91. The minimum Gasteiger partial charge on any atom is -0.491 e. The molecule has 2 rings (SSSR count). The molecule has 2 N–H and O–H groups in total. The second-order valence-electron chi connectivity index (χ2n) is 6.97. The maximum Gasteiger partial charge on any atom is 0.162 e. The number of ketones is 2. The summed E-state index contributed by atoms with van der Waals surface area (Å²) in [7, 11) is 0. The van der Waals surface area contributed by atoms with Gasteiger partial charge in [0.25, 0.3) is 0 Å². The summed E-state index contributed by atoms with van der Waals surface area (Å²) >= 11 is 5.90. The van der Waals surface area contributed by atoms with E-state index in [2.05, 4.69) is 0 Å². The van der Waals surface area contributed by atoms with Crippen LogP contribution in [0.25, 0.3) is 0 Å². The molecule has 1 aliphatic carbocycles. The van der Waals surface area contributed by atoms with Crippen LogP contribution < -0.4 is 4.74 Å². The van der Waals surface area contributed by atoms with E-state index < -0.39 is 12.7 Å². The summed E-state index contributed by atoms with van der Waals surface area (Å²) < 4.78 is 5.51. The highest BCUT2D eigenvalue weighted by Gasteiger charge is 2.26. The van der Waals surface area contributed by atoms with Gasteiger partial charge in [0.2, 0.25) is 0 Å². The van der Waals surface area contributed by atoms with Crippen LogP contribution in [0.3, 0.4) is 0 Å². The smallest absolute Gasteiger partial charge is 0.162 e. The van der Waals surface area contributed by atoms with Gasteiger partial charge in [-0.2, -0.15) is 0 Å². The van der Waals surface area contributed by atoms with E-state index in [1.807, 2.05) is 18.2 Å². The van der Waals surface area contributed by atoms with Gasteiger partial charge in [-0.25, -0.2) is 0 Å². The fourth-order valence-electron chi connectivity index (χ4n) is 3.03. The zero-order chi connectivity index (χ0) is 21.1. The van der Waals surface area contributed by atoms with Crippen LogP contribution in [0.1, 0.15) is 25.7 Å². The molecule has 1 aliphatic rings. The molecule has 0 aliphatic heterocycles. The van der Waals surface area contributed by atoms with Crippen molar-refractivity contribution in [1.29, 1.82) is 0 Å². The molecule has 0 fully saturated rings. The van der Waals surface area contributed by atoms with Crippen molar-refractivity contribution in [2.24, 2.45) is 11.8 Å². The summed E-state index contributed by atoms with van der Waals surface area (Å²) in [4.78, 5) is 23.1. The van der Waals surface area contributed by atoms with E-state index in [4.69, 9.17) is 21.4 Å². The number of aliphatic hydroxyl groups excluding tert-OH is 2. The SMILES string of the molecule is O=C(CO)CCC/C=C\C[C@H]1C=CC(=O)[C@@H]1/C=C/[C@@H](O)COc1cccc(Cl)c1. The minimum absolute atomic E-state index is 0.0242. The molecule has 0 saturated carbocycles. The van der Waals surface area contributed by atoms with E-state index in [1.54, 1.807) is 42.5 Å². The number of aliphatic hydroxyl groups is 2. The second-order valence-corrected chi connectivity index (χ2v) is 7.40. The van der Waals surface area contributed by atoms with Crippen molar-refractivity contribution < 1.29 is 24.5 Å². The molecule has 0 spiro atoms. The molecule has 1 aromatic carbocycles. The van der Waals surface area contributed by atoms with E-state index in [9.17, 15) is 14.7 Å². The largest absolute Gasteiger partial charge is 0.491 e. The maximum atomic E-state index is 12.1. The number of ether oxygens (including phenoxy) is 1. The Morgan fingerprint density at radius 1 is 1.31 bits per heavy atom. The van der Waals surface area contributed by atoms with Gasteiger partial charge in [-0.05, 0) is 49.5 Å². The Bertz CT molecular complexity index is 768. The van der Waals surface area contributed by atoms with Crippen molar-refractivity contribution in [3.8, 4) is 5.75 Å². The fourth-order valence-corrected chi connectivity index (χ4v) is 3.21. The van der Waals surface area contributed by atoms with Crippen LogP contribution >= 0.6 is 11.6 Å². The molecule has 0 radical (unpaired) electrons. The fraction of sp³-hybridized carbons (Fsp3) is 0.391. The van der Waals surface area contributed by atoms with Crippen LogP contribution in [-0.2, 0) is 9.59 Å². The maximum absolute atomic E-state index is 12.1. The molecular formula is C23H27ClO5. The van der Waals surface area contributed by atoms with Gasteiger partial charge < -0.3 is 14.9 Å². The van der Waals surface area contributed by atoms with E-state index in [1.165, 1.54) is 0 Å². The van der Waals surface area contributed by atoms with E-state index >= 15 is 0 Å². The molecule has 156 valence electrons. The van der Waals surface area contributed by atoms with Crippen molar-refractivity contribution in [3.05, 3.63) is 65.7 Å². The highest BCUT2D eigenvalue weighted by molar-refractivity contribution is 6.30. The first-order chi connectivity index (χ1) is 14.0. The van der Waals surface area contributed by atoms with Gasteiger partial charge >= 0.3 is 0 Å². The number of halogens is 1. The first-order valence-electron chi connectivity index (χ1n) is 9.74. The highest BCUT2D eigenvalue weighted by atomic mass is 35.5. The lowest BCUT2D eigenvalue weighted by Gasteiger charge is -2.14. The van der Waals surface area contributed by atoms with Gasteiger partial charge in [0.1, 0.15) is 25.1 Å². The lowest BCUT2D eigenvalue weighted by molar-refractivity contribution is -0.121. The number of allylic oxidation sites excluding steroid dienone is 5. The van der Waals surface area contributed by atoms with Gasteiger partial charge in [0.05, 0.1) is 0 Å². The average molecular weight is 419 g/mol. The number of hydrogen-bond donors (Lipinski definition) is 2. The Labute approximate surface area is 176 Å². The summed E-state index contributed by atoms with van der Waals surface area (Å²) in [6, 6.07) is 6.94. The summed E-state index contributed by atoms with van der Waals surface area (Å²) in [5.74, 6) is 0.209. The van der Waals surface area contributed by atoms with E-state index in [-0.39, 0.29) is 30.0 Å². The number of carbonyl (C=O) groups is 2. The molecule has 5 nitrogen and oxygen atoms in total. The van der Waals surface area contributed by atoms with Crippen LogP contribution in [0.5, 0.6) is 5.75 Å². The Morgan fingerprint density at radius 2 is 2.14 bits per heavy atom. The van der Waals surface area contributed by atoms with Crippen molar-refractivity contribution in [2.45, 2.75) is 31.8 Å². The Hall–Kier alpha value is -2.21. The van der Waals surface area contributed by atoms with Crippen molar-refractivity contribution in [3.63, 3.8) is 0 Å². The predicted octanol–water partition coefficient (Wildman–Crippen LogP) is 3.69. The highest BCUT2D eigenvalue weighted by Crippen LogP contribution is 2.27. The number of Topliss-reactive ketones (excluding diaryl/α,β-unsaturated/α-hetero) is 1. The number of benzene rings is 1. The van der Waals surface area contributed by atoms with Crippen LogP contribution in [0, 0.1) is 11.8 Å². The monoisotopic (exact) mass is 418 g/mol. The molecular weight excluding hydrogens is 392 g/mol. The first-order valence-corrected chi connectivity index (χ1v) is 10.1. The third-order valence-electron chi connectivity index (χ3n) is 4.63.